The molecule has 0 saturated heterocycles. The number of hydrogen-bond donors (Lipinski definition) is 2. The Morgan fingerprint density at radius 2 is 0.647 bits per heavy atom. The van der Waals surface area contributed by atoms with Gasteiger partial charge in [-0.2, -0.15) is 0 Å². The number of aromatic hydroxyl groups is 2. The first-order chi connectivity index (χ1) is 62.4. The van der Waals surface area contributed by atoms with Crippen molar-refractivity contribution in [1.82, 2.24) is 9.97 Å². The van der Waals surface area contributed by atoms with E-state index in [1.54, 1.807) is 0 Å². The number of nitrogens with zero attached hydrogens (tertiary/aromatic N) is 4. The van der Waals surface area contributed by atoms with Crippen molar-refractivity contribution in [2.75, 3.05) is 9.80 Å². The van der Waals surface area contributed by atoms with Gasteiger partial charge in [-0.25, -0.2) is 0 Å². The molecule has 0 fully saturated rings. The van der Waals surface area contributed by atoms with Gasteiger partial charge in [-0.15, -0.1) is 70.0 Å². The molecule has 2 heterocycles. The first-order valence-electron chi connectivity index (χ1n) is 46.1. The van der Waals surface area contributed by atoms with E-state index in [2.05, 4.69) is 419 Å². The van der Waals surface area contributed by atoms with Gasteiger partial charge in [0.1, 0.15) is 11.5 Å². The number of benzene rings is 14. The third-order valence-corrected chi connectivity index (χ3v) is 25.7. The monoisotopic (exact) mass is 2110 g/mol. The van der Waals surface area contributed by atoms with Crippen molar-refractivity contribution in [3.05, 3.63) is 407 Å². The maximum atomic E-state index is 11.8. The van der Waals surface area contributed by atoms with Gasteiger partial charge in [0.05, 0.1) is 13.1 Å². The predicted molar refractivity (Wildman–Crippen MR) is 555 cm³/mol. The summed E-state index contributed by atoms with van der Waals surface area (Å²) in [7, 11) is 0. The number of anilines is 4. The van der Waals surface area contributed by atoms with Crippen LogP contribution in [0, 0.1) is 31.9 Å². The van der Waals surface area contributed by atoms with E-state index in [-0.39, 0.29) is 80.7 Å². The molecule has 8 nitrogen and oxygen atoms in total. The molecule has 0 atom stereocenters. The van der Waals surface area contributed by atoms with Crippen LogP contribution in [0.15, 0.2) is 328 Å². The van der Waals surface area contributed by atoms with Crippen molar-refractivity contribution >= 4 is 34.1 Å². The van der Waals surface area contributed by atoms with Crippen LogP contribution in [0.1, 0.15) is 180 Å². The van der Waals surface area contributed by atoms with Crippen molar-refractivity contribution < 1.29 is 52.3 Å². The molecule has 0 aliphatic heterocycles. The molecule has 0 amide bonds. The van der Waals surface area contributed by atoms with Crippen LogP contribution in [-0.4, -0.2) is 20.2 Å². The van der Waals surface area contributed by atoms with Gasteiger partial charge in [-0.05, 0) is 209 Å². The second-order valence-corrected chi connectivity index (χ2v) is 40.5. The molecule has 0 bridgehead atoms. The summed E-state index contributed by atoms with van der Waals surface area (Å²) in [4.78, 5) is 14.3. The average molecular weight is 2110 g/mol. The summed E-state index contributed by atoms with van der Waals surface area (Å²) in [6.45, 7) is 42.6. The quantitative estimate of drug-likeness (QED) is 0.0652. The van der Waals surface area contributed by atoms with E-state index in [0.29, 0.717) is 30.4 Å². The van der Waals surface area contributed by atoms with E-state index < -0.39 is 0 Å². The van der Waals surface area contributed by atoms with Crippen molar-refractivity contribution in [3.8, 4) is 123 Å². The average Bonchev–Trinajstić information content (AvgIpc) is 0.760. The maximum absolute atomic E-state index is 11.8. The Morgan fingerprint density at radius 3 is 1.01 bits per heavy atom. The van der Waals surface area contributed by atoms with Gasteiger partial charge < -0.3 is 31.5 Å². The molecule has 4 N–H and O–H groups in total. The number of pyridine rings is 2. The van der Waals surface area contributed by atoms with Crippen LogP contribution in [0.4, 0.5) is 34.1 Å². The van der Waals surface area contributed by atoms with Crippen LogP contribution in [0.5, 0.6) is 11.5 Å². The van der Waals surface area contributed by atoms with E-state index in [1.807, 2.05) is 62.6 Å². The minimum absolute atomic E-state index is 0. The summed E-state index contributed by atoms with van der Waals surface area (Å²) >= 11 is 0. The van der Waals surface area contributed by atoms with Crippen LogP contribution >= 0.6 is 0 Å². The Kier molecular flexibility index (Phi) is 30.2. The number of rotatable bonds is 22. The number of nitrogens with one attached hydrogen (secondary N) is 2. The summed E-state index contributed by atoms with van der Waals surface area (Å²) in [5.74, 6) is 1.05. The fourth-order valence-electron chi connectivity index (χ4n) is 17.3. The molecular formula is C123H124N6O2Pt2. The number of aryl methyl sites for hydroxylation is 2. The molecule has 16 aromatic rings. The van der Waals surface area contributed by atoms with Gasteiger partial charge in [-0.1, -0.05) is 370 Å². The molecule has 10 heteroatoms. The van der Waals surface area contributed by atoms with Gasteiger partial charge in [-0.3, -0.25) is 9.97 Å². The van der Waals surface area contributed by atoms with Crippen molar-refractivity contribution in [2.24, 2.45) is 5.92 Å². The molecule has 0 spiro atoms. The van der Waals surface area contributed by atoms with Crippen LogP contribution in [0.2, 0.25) is 0 Å². The molecule has 0 aliphatic rings. The molecule has 0 radical (unpaired) electrons. The first-order valence-corrected chi connectivity index (χ1v) is 46.1. The van der Waals surface area contributed by atoms with Gasteiger partial charge in [0.25, 0.3) is 0 Å². The van der Waals surface area contributed by atoms with Gasteiger partial charge >= 0.3 is 42.1 Å². The summed E-state index contributed by atoms with van der Waals surface area (Å²) < 4.78 is 0. The van der Waals surface area contributed by atoms with E-state index in [9.17, 15) is 21.7 Å². The van der Waals surface area contributed by atoms with Crippen molar-refractivity contribution in [2.45, 2.75) is 185 Å². The van der Waals surface area contributed by atoms with E-state index in [0.717, 1.165) is 169 Å². The van der Waals surface area contributed by atoms with Crippen LogP contribution in [0.25, 0.3) is 123 Å². The molecule has 133 heavy (non-hydrogen) atoms. The van der Waals surface area contributed by atoms with E-state index in [4.69, 9.17) is 9.97 Å². The topological polar surface area (TPSA) is 120 Å². The zero-order valence-electron chi connectivity index (χ0n) is 80.4. The maximum Gasteiger partial charge on any atom is 2.00 e. The van der Waals surface area contributed by atoms with Crippen LogP contribution in [-0.2, 0) is 88.7 Å². The summed E-state index contributed by atoms with van der Waals surface area (Å²) in [6.07, 6.45) is 5.70. The Balaban J connectivity index is 0.000000223. The third kappa shape index (κ3) is 22.6. The summed E-state index contributed by atoms with van der Waals surface area (Å²) in [5.41, 5.74) is 54.3. The molecule has 0 saturated carbocycles. The fraction of sp³-hybridized carbons (Fsp3) is 0.236. The smallest absolute Gasteiger partial charge is 0.703 e. The molecule has 16 rings (SSSR count). The van der Waals surface area contributed by atoms with Crippen LogP contribution in [0.3, 0.4) is 0 Å². The molecule has 0 aliphatic carbocycles. The SMILES string of the molecule is CCC(C)(C)c1ccc(N(Cc2cc(C(C)(C)C)cc(C)c2O)c2cccc(-c3[c-]c(-c4cc(-c5ccc(-c6ccccc6)cc5)ccn4)cc(C(C)(C)C)c3)c2[NH-])c(-c2ccccc2)c1.Cc1cc(C(C)(C)C)cc(CN(c2ccc(CC(C)C)cc2-c2ccccc2)c2cccc(-c3[c-]c(-c4cc(-c5ccc(-c6ccccc6)cc5)ccn4)cc(C(C)(C)C)c3)c2[NH-])c1O.[Pt+2].[Pt+2]. The number of phenolic OH excluding ortho intramolecular Hbond substituents is 2. The number of aromatic nitrogens is 2. The minimum Gasteiger partial charge on any atom is -0.703 e. The van der Waals surface area contributed by atoms with Gasteiger partial charge in [0.15, 0.2) is 0 Å². The minimum atomic E-state index is -0.193. The second kappa shape index (κ2) is 41.0. The first kappa shape index (κ1) is 98.1. The Bertz CT molecular complexity index is 6760. The Labute approximate surface area is 820 Å². The summed E-state index contributed by atoms with van der Waals surface area (Å²) in [6, 6.07) is 118. The second-order valence-electron chi connectivity index (χ2n) is 40.5. The largest absolute Gasteiger partial charge is 2.00 e. The fourth-order valence-corrected chi connectivity index (χ4v) is 17.3. The molecular weight excluding hydrogens is 1980 g/mol. The molecule has 678 valence electrons. The molecule has 0 unspecified atom stereocenters. The molecule has 14 aromatic carbocycles. The van der Waals surface area contributed by atoms with Crippen molar-refractivity contribution in [3.63, 3.8) is 0 Å². The number of hydrogen-bond acceptors (Lipinski definition) is 6. The zero-order chi connectivity index (χ0) is 93.0. The van der Waals surface area contributed by atoms with Crippen LogP contribution < -0.4 is 9.80 Å². The van der Waals surface area contributed by atoms with Crippen molar-refractivity contribution in [1.29, 1.82) is 0 Å². The van der Waals surface area contributed by atoms with Gasteiger partial charge in [0.2, 0.25) is 0 Å². The number of phenols is 2. The van der Waals surface area contributed by atoms with E-state index >= 15 is 0 Å². The Morgan fingerprint density at radius 1 is 0.316 bits per heavy atom. The zero-order valence-corrected chi connectivity index (χ0v) is 84.9. The molecule has 2 aromatic heterocycles. The third-order valence-electron chi connectivity index (χ3n) is 25.7. The Hall–Kier alpha value is -12.4. The summed E-state index contributed by atoms with van der Waals surface area (Å²) in [5, 5.41) is 23.6. The predicted octanol–water partition coefficient (Wildman–Crippen LogP) is 34.6. The van der Waals surface area contributed by atoms with Gasteiger partial charge in [0, 0.05) is 68.8 Å². The van der Waals surface area contributed by atoms with E-state index in [1.165, 1.54) is 33.4 Å². The normalized spacial score (nSPS) is 11.8. The standard InChI is InChI=1S/C62H63N3O.C61H61N3O.2Pt/c1-11-62(9,10)50-29-30-56(54(39-50)45-21-16-13-17-22-45)65(40-49-37-51(60(3,4)5)33-41(2)59(49)66)57-24-18-23-53(58(57)63)47-34-48(36-52(35-47)61(6,7)8)55-38-46(31-32-64-55)44-27-25-43(26-28-44)42-19-14-12-15-20-42;1-40(2)31-42-23-28-56(54(33-42)46-19-14-11-15-20-46)64(39-50-37-51(60(4,5)6)32-41(3)59(50)65)57-22-16-21-53(58(57)62)48-34-49(36-52(35-48)61(7,8)9)55-38-47(29-30-63-55)45-26-24-44(25-27-45)43-17-12-10-13-18-43;;/h12-33,35-39,63,66H,11,40H2,1-10H3;10-30,32-33,35-38,40,62,65H,31,39H2,1-9H3;;/q2*-2;2*+2.